The number of carbonyl (C=O) groups is 1. The second-order valence-corrected chi connectivity index (χ2v) is 4.73. The van der Waals surface area contributed by atoms with E-state index in [-0.39, 0.29) is 16.3 Å². The summed E-state index contributed by atoms with van der Waals surface area (Å²) in [4.78, 5) is 11.8. The molecule has 2 aromatic rings. The van der Waals surface area contributed by atoms with Gasteiger partial charge < -0.3 is 5.11 Å². The third-order valence-corrected chi connectivity index (χ3v) is 3.03. The lowest BCUT2D eigenvalue weighted by Gasteiger charge is -2.03. The molecule has 0 aliphatic carbocycles. The van der Waals surface area contributed by atoms with Crippen LogP contribution in [-0.4, -0.2) is 17.2 Å². The van der Waals surface area contributed by atoms with Crippen LogP contribution >= 0.6 is 23.2 Å². The van der Waals surface area contributed by atoms with Crippen LogP contribution in [0, 0.1) is 0 Å². The highest BCUT2D eigenvalue weighted by molar-refractivity contribution is 6.36. The highest BCUT2D eigenvalue weighted by Crippen LogP contribution is 2.20. The molecule has 0 aliphatic rings. The zero-order valence-corrected chi connectivity index (χ0v) is 11.7. The summed E-state index contributed by atoms with van der Waals surface area (Å²) in [6, 6.07) is 11.2. The number of nitrogens with zero attached hydrogens (tertiary/aromatic N) is 1. The molecule has 0 bridgehead atoms. The lowest BCUT2D eigenvalue weighted by atomic mass is 10.2. The Morgan fingerprint density at radius 3 is 2.65 bits per heavy atom. The standard InChI is InChI=1S/C14H10Cl2N2O2/c15-10-5-6-11(12(16)7-10)14(20)18-17-8-9-3-1-2-4-13(9)19/h1-8,19H,(H,18,20). The first-order valence-electron chi connectivity index (χ1n) is 5.64. The predicted molar refractivity (Wildman–Crippen MR) is 79.6 cm³/mol. The van der Waals surface area contributed by atoms with E-state index in [1.54, 1.807) is 24.3 Å². The van der Waals surface area contributed by atoms with Gasteiger partial charge in [0, 0.05) is 10.6 Å². The van der Waals surface area contributed by atoms with Crippen LogP contribution in [0.25, 0.3) is 0 Å². The number of phenols is 1. The van der Waals surface area contributed by atoms with Crippen LogP contribution in [0.4, 0.5) is 0 Å². The molecule has 6 heteroatoms. The Bertz CT molecular complexity index is 672. The van der Waals surface area contributed by atoms with Crippen LogP contribution in [-0.2, 0) is 0 Å². The Morgan fingerprint density at radius 1 is 1.20 bits per heavy atom. The summed E-state index contributed by atoms with van der Waals surface area (Å²) in [5.41, 5.74) is 3.09. The number of hydrogen-bond acceptors (Lipinski definition) is 3. The van der Waals surface area contributed by atoms with Gasteiger partial charge in [-0.15, -0.1) is 0 Å². The first kappa shape index (κ1) is 14.4. The average molecular weight is 309 g/mol. The van der Waals surface area contributed by atoms with Crippen molar-refractivity contribution in [1.82, 2.24) is 5.43 Å². The van der Waals surface area contributed by atoms with Crippen molar-refractivity contribution in [2.24, 2.45) is 5.10 Å². The van der Waals surface area contributed by atoms with Gasteiger partial charge in [0.2, 0.25) is 0 Å². The van der Waals surface area contributed by atoms with Crippen LogP contribution in [0.5, 0.6) is 5.75 Å². The van der Waals surface area contributed by atoms with Gasteiger partial charge in [0.15, 0.2) is 0 Å². The summed E-state index contributed by atoms with van der Waals surface area (Å²) < 4.78 is 0. The number of rotatable bonds is 3. The van der Waals surface area contributed by atoms with Crippen LogP contribution < -0.4 is 5.43 Å². The summed E-state index contributed by atoms with van der Waals surface area (Å²) in [7, 11) is 0. The van der Waals surface area contributed by atoms with Crippen molar-refractivity contribution in [1.29, 1.82) is 0 Å². The smallest absolute Gasteiger partial charge is 0.272 e. The molecule has 1 amide bonds. The first-order chi connectivity index (χ1) is 9.58. The molecule has 0 aromatic heterocycles. The molecule has 2 aromatic carbocycles. The second-order valence-electron chi connectivity index (χ2n) is 3.88. The molecule has 2 N–H and O–H groups in total. The number of carbonyl (C=O) groups excluding carboxylic acids is 1. The summed E-state index contributed by atoms with van der Waals surface area (Å²) in [6.45, 7) is 0. The molecule has 0 unspecified atom stereocenters. The molecule has 0 atom stereocenters. The Hall–Kier alpha value is -2.04. The van der Waals surface area contributed by atoms with Gasteiger partial charge in [-0.1, -0.05) is 35.3 Å². The summed E-state index contributed by atoms with van der Waals surface area (Å²) in [5.74, 6) is -0.381. The molecule has 2 rings (SSSR count). The quantitative estimate of drug-likeness (QED) is 0.674. The number of nitrogens with one attached hydrogen (secondary N) is 1. The van der Waals surface area contributed by atoms with Crippen LogP contribution in [0.2, 0.25) is 10.0 Å². The minimum atomic E-state index is -0.460. The van der Waals surface area contributed by atoms with Gasteiger partial charge in [-0.2, -0.15) is 5.10 Å². The van der Waals surface area contributed by atoms with Crippen LogP contribution in [0.3, 0.4) is 0 Å². The van der Waals surface area contributed by atoms with Crippen LogP contribution in [0.1, 0.15) is 15.9 Å². The van der Waals surface area contributed by atoms with Gasteiger partial charge in [-0.05, 0) is 30.3 Å². The van der Waals surface area contributed by atoms with E-state index >= 15 is 0 Å². The number of phenolic OH excluding ortho intramolecular Hbond substituents is 1. The maximum Gasteiger partial charge on any atom is 0.272 e. The molecule has 0 spiro atoms. The number of halogens is 2. The maximum absolute atomic E-state index is 11.8. The van der Waals surface area contributed by atoms with Crippen molar-refractivity contribution in [2.75, 3.05) is 0 Å². The first-order valence-corrected chi connectivity index (χ1v) is 6.40. The minimum Gasteiger partial charge on any atom is -0.507 e. The molecule has 20 heavy (non-hydrogen) atoms. The average Bonchev–Trinajstić information content (AvgIpc) is 2.40. The van der Waals surface area contributed by atoms with E-state index in [2.05, 4.69) is 10.5 Å². The monoisotopic (exact) mass is 308 g/mol. The molecule has 0 saturated heterocycles. The second kappa shape index (κ2) is 6.41. The largest absolute Gasteiger partial charge is 0.507 e. The topological polar surface area (TPSA) is 61.7 Å². The zero-order chi connectivity index (χ0) is 14.5. The Balaban J connectivity index is 2.07. The SMILES string of the molecule is O=C(NN=Cc1ccccc1O)c1ccc(Cl)cc1Cl. The summed E-state index contributed by atoms with van der Waals surface area (Å²) in [5, 5.41) is 14.0. The van der Waals surface area contributed by atoms with Crippen molar-refractivity contribution >= 4 is 35.3 Å². The molecule has 0 heterocycles. The highest BCUT2D eigenvalue weighted by atomic mass is 35.5. The fourth-order valence-corrected chi connectivity index (χ4v) is 1.99. The van der Waals surface area contributed by atoms with Crippen LogP contribution in [0.15, 0.2) is 47.6 Å². The number of para-hydroxylation sites is 1. The molecule has 0 aliphatic heterocycles. The minimum absolute atomic E-state index is 0.0787. The maximum atomic E-state index is 11.8. The molecule has 0 saturated carbocycles. The fourth-order valence-electron chi connectivity index (χ4n) is 1.49. The van der Waals surface area contributed by atoms with E-state index < -0.39 is 5.91 Å². The number of hydrazone groups is 1. The Morgan fingerprint density at radius 2 is 1.95 bits per heavy atom. The molecule has 0 radical (unpaired) electrons. The molecular formula is C14H10Cl2N2O2. The molecular weight excluding hydrogens is 299 g/mol. The van der Waals surface area contributed by atoms with Crippen molar-refractivity contribution in [2.45, 2.75) is 0 Å². The van der Waals surface area contributed by atoms with Gasteiger partial charge in [0.1, 0.15) is 5.75 Å². The van der Waals surface area contributed by atoms with Gasteiger partial charge in [0.25, 0.3) is 5.91 Å². The fraction of sp³-hybridized carbons (Fsp3) is 0. The Labute approximate surface area is 125 Å². The number of benzene rings is 2. The van der Waals surface area contributed by atoms with E-state index in [4.69, 9.17) is 23.2 Å². The van der Waals surface area contributed by atoms with E-state index in [0.717, 1.165) is 0 Å². The third kappa shape index (κ3) is 3.50. The summed E-state index contributed by atoms with van der Waals surface area (Å²) >= 11 is 11.7. The Kier molecular flexibility index (Phi) is 4.61. The van der Waals surface area contributed by atoms with Crippen molar-refractivity contribution in [3.05, 3.63) is 63.6 Å². The van der Waals surface area contributed by atoms with E-state index in [9.17, 15) is 9.90 Å². The summed E-state index contributed by atoms with van der Waals surface area (Å²) in [6.07, 6.45) is 1.34. The van der Waals surface area contributed by atoms with E-state index in [1.165, 1.54) is 24.4 Å². The molecule has 0 fully saturated rings. The van der Waals surface area contributed by atoms with Crippen molar-refractivity contribution < 1.29 is 9.90 Å². The van der Waals surface area contributed by atoms with Gasteiger partial charge in [0.05, 0.1) is 16.8 Å². The molecule has 102 valence electrons. The lowest BCUT2D eigenvalue weighted by Crippen LogP contribution is -2.18. The third-order valence-electron chi connectivity index (χ3n) is 2.48. The predicted octanol–water partition coefficient (Wildman–Crippen LogP) is 3.46. The van der Waals surface area contributed by atoms with Crippen molar-refractivity contribution in [3.8, 4) is 5.75 Å². The van der Waals surface area contributed by atoms with Gasteiger partial charge in [-0.25, -0.2) is 5.43 Å². The highest BCUT2D eigenvalue weighted by Gasteiger charge is 2.09. The number of amides is 1. The van der Waals surface area contributed by atoms with Gasteiger partial charge in [-0.3, -0.25) is 4.79 Å². The van der Waals surface area contributed by atoms with E-state index in [0.29, 0.717) is 10.6 Å². The lowest BCUT2D eigenvalue weighted by molar-refractivity contribution is 0.0955. The number of hydrogen-bond donors (Lipinski definition) is 2. The van der Waals surface area contributed by atoms with Gasteiger partial charge >= 0.3 is 0 Å². The van der Waals surface area contributed by atoms with E-state index in [1.807, 2.05) is 0 Å². The zero-order valence-electron chi connectivity index (χ0n) is 10.2. The number of aromatic hydroxyl groups is 1. The molecule has 4 nitrogen and oxygen atoms in total. The normalized spacial score (nSPS) is 10.7. The van der Waals surface area contributed by atoms with Crippen molar-refractivity contribution in [3.63, 3.8) is 0 Å².